The van der Waals surface area contributed by atoms with Gasteiger partial charge in [-0.1, -0.05) is 73.2 Å². The van der Waals surface area contributed by atoms with Crippen molar-refractivity contribution >= 4 is 35.0 Å². The second kappa shape index (κ2) is 10.6. The molecule has 1 unspecified atom stereocenters. The second-order valence-electron chi connectivity index (χ2n) is 10.1. The molecule has 0 saturated carbocycles. The molecule has 0 aliphatic carbocycles. The Morgan fingerprint density at radius 3 is 2.49 bits per heavy atom. The number of rotatable bonds is 6. The van der Waals surface area contributed by atoms with E-state index in [0.717, 1.165) is 39.8 Å². The molecule has 1 aromatic heterocycles. The van der Waals surface area contributed by atoms with Crippen LogP contribution in [0.1, 0.15) is 53.1 Å². The fraction of sp³-hybridized carbons (Fsp3) is 0.250. The molecule has 3 aromatic carbocycles. The SMILES string of the molecule is O=C1NCC(c2ccccc2)/C1=C\c1ccc2c(/C=C/c3ccc(CN4CCCCC4)cc3)n[nH]c2c1. The summed E-state index contributed by atoms with van der Waals surface area (Å²) in [6, 6.07) is 25.2. The third kappa shape index (κ3) is 5.27. The molecular formula is C32H32N4O. The highest BCUT2D eigenvalue weighted by molar-refractivity contribution is 6.02. The zero-order valence-corrected chi connectivity index (χ0v) is 21.0. The average Bonchev–Trinajstić information content (AvgIpc) is 3.52. The van der Waals surface area contributed by atoms with Crippen molar-refractivity contribution in [1.29, 1.82) is 0 Å². The molecule has 5 nitrogen and oxygen atoms in total. The zero-order valence-electron chi connectivity index (χ0n) is 21.0. The van der Waals surface area contributed by atoms with Gasteiger partial charge in [0.25, 0.3) is 0 Å². The van der Waals surface area contributed by atoms with E-state index in [2.05, 4.69) is 87.2 Å². The number of aromatic amines is 1. The summed E-state index contributed by atoms with van der Waals surface area (Å²) in [5.74, 6) is 0.0695. The molecule has 0 bridgehead atoms. The number of hydrogen-bond acceptors (Lipinski definition) is 3. The van der Waals surface area contributed by atoms with Gasteiger partial charge in [-0.25, -0.2) is 0 Å². The van der Waals surface area contributed by atoms with Gasteiger partial charge in [0, 0.05) is 30.0 Å². The van der Waals surface area contributed by atoms with E-state index >= 15 is 0 Å². The molecule has 186 valence electrons. The van der Waals surface area contributed by atoms with E-state index in [0.29, 0.717) is 6.54 Å². The normalized spacial score (nSPS) is 19.7. The van der Waals surface area contributed by atoms with Crippen LogP contribution in [0.25, 0.3) is 29.1 Å². The van der Waals surface area contributed by atoms with Gasteiger partial charge < -0.3 is 5.32 Å². The molecule has 2 saturated heterocycles. The number of carbonyl (C=O) groups is 1. The molecule has 1 amide bonds. The monoisotopic (exact) mass is 488 g/mol. The van der Waals surface area contributed by atoms with Crippen molar-refractivity contribution in [3.05, 3.63) is 106 Å². The third-order valence-corrected chi connectivity index (χ3v) is 7.51. The molecule has 2 aliphatic heterocycles. The lowest BCUT2D eigenvalue weighted by Gasteiger charge is -2.26. The molecule has 2 aliphatic rings. The van der Waals surface area contributed by atoms with Crippen molar-refractivity contribution in [1.82, 2.24) is 20.4 Å². The smallest absolute Gasteiger partial charge is 0.247 e. The number of fused-ring (bicyclic) bond motifs is 1. The Bertz CT molecular complexity index is 1440. The van der Waals surface area contributed by atoms with Crippen LogP contribution in [0.15, 0.2) is 78.4 Å². The second-order valence-corrected chi connectivity index (χ2v) is 10.1. The first kappa shape index (κ1) is 23.4. The lowest BCUT2D eigenvalue weighted by Crippen LogP contribution is -2.28. The summed E-state index contributed by atoms with van der Waals surface area (Å²) in [6.45, 7) is 4.11. The van der Waals surface area contributed by atoms with Crippen LogP contribution in [0.4, 0.5) is 0 Å². The zero-order chi connectivity index (χ0) is 25.0. The average molecular weight is 489 g/mol. The lowest BCUT2D eigenvalue weighted by molar-refractivity contribution is -0.116. The van der Waals surface area contributed by atoms with Crippen LogP contribution in [-0.2, 0) is 11.3 Å². The van der Waals surface area contributed by atoms with Crippen molar-refractivity contribution in [2.24, 2.45) is 0 Å². The van der Waals surface area contributed by atoms with Gasteiger partial charge in [0.1, 0.15) is 0 Å². The van der Waals surface area contributed by atoms with Crippen molar-refractivity contribution in [2.75, 3.05) is 19.6 Å². The molecule has 6 rings (SSSR count). The van der Waals surface area contributed by atoms with Crippen LogP contribution >= 0.6 is 0 Å². The van der Waals surface area contributed by atoms with E-state index in [1.54, 1.807) is 0 Å². The van der Waals surface area contributed by atoms with Gasteiger partial charge in [-0.05, 0) is 72.5 Å². The maximum Gasteiger partial charge on any atom is 0.247 e. The lowest BCUT2D eigenvalue weighted by atomic mass is 9.92. The van der Waals surface area contributed by atoms with Gasteiger partial charge in [-0.2, -0.15) is 5.10 Å². The van der Waals surface area contributed by atoms with Crippen molar-refractivity contribution in [2.45, 2.75) is 31.7 Å². The van der Waals surface area contributed by atoms with Gasteiger partial charge in [0.05, 0.1) is 11.2 Å². The number of benzene rings is 3. The van der Waals surface area contributed by atoms with Gasteiger partial charge in [-0.3, -0.25) is 14.8 Å². The molecule has 4 aromatic rings. The van der Waals surface area contributed by atoms with Crippen molar-refractivity contribution in [3.8, 4) is 0 Å². The minimum atomic E-state index is 0.00382. The van der Waals surface area contributed by atoms with E-state index < -0.39 is 0 Å². The summed E-state index contributed by atoms with van der Waals surface area (Å²) in [5.41, 5.74) is 7.35. The van der Waals surface area contributed by atoms with Crippen LogP contribution < -0.4 is 5.32 Å². The molecular weight excluding hydrogens is 456 g/mol. The number of piperidine rings is 1. The molecule has 0 radical (unpaired) electrons. The maximum atomic E-state index is 12.6. The fourth-order valence-corrected chi connectivity index (χ4v) is 5.45. The quantitative estimate of drug-likeness (QED) is 0.327. The van der Waals surface area contributed by atoms with Gasteiger partial charge in [-0.15, -0.1) is 0 Å². The summed E-state index contributed by atoms with van der Waals surface area (Å²) < 4.78 is 0. The standard InChI is InChI=1S/C32H32N4O/c37-32-28(29(21-33-32)26-7-3-1-4-8-26)19-25-13-15-27-30(34-35-31(27)20-25)16-14-23-9-11-24(12-10-23)22-36-17-5-2-6-18-36/h1,3-4,7-16,19-20,29H,2,5-6,17-18,21-22H2,(H,33,37)(H,34,35)/b16-14+,28-19+. The maximum absolute atomic E-state index is 12.6. The highest BCUT2D eigenvalue weighted by Gasteiger charge is 2.29. The van der Waals surface area contributed by atoms with Crippen LogP contribution in [0.5, 0.6) is 0 Å². The molecule has 5 heteroatoms. The largest absolute Gasteiger partial charge is 0.351 e. The van der Waals surface area contributed by atoms with E-state index in [1.807, 2.05) is 24.3 Å². The van der Waals surface area contributed by atoms with E-state index in [1.165, 1.54) is 43.5 Å². The number of H-pyrrole nitrogens is 1. The molecule has 37 heavy (non-hydrogen) atoms. The number of aromatic nitrogens is 2. The first-order chi connectivity index (χ1) is 18.2. The first-order valence-electron chi connectivity index (χ1n) is 13.3. The summed E-state index contributed by atoms with van der Waals surface area (Å²) in [5, 5.41) is 11.8. The number of likely N-dealkylation sites (tertiary alicyclic amines) is 1. The molecule has 0 spiro atoms. The minimum absolute atomic E-state index is 0.00382. The molecule has 2 fully saturated rings. The van der Waals surface area contributed by atoms with Crippen molar-refractivity contribution < 1.29 is 4.79 Å². The van der Waals surface area contributed by atoms with Crippen molar-refractivity contribution in [3.63, 3.8) is 0 Å². The Labute approximate surface area is 217 Å². The van der Waals surface area contributed by atoms with Gasteiger partial charge in [0.15, 0.2) is 0 Å². The molecule has 2 N–H and O–H groups in total. The van der Waals surface area contributed by atoms with Crippen LogP contribution in [0.2, 0.25) is 0 Å². The Hall–Kier alpha value is -3.96. The van der Waals surface area contributed by atoms with Crippen LogP contribution in [0, 0.1) is 0 Å². The van der Waals surface area contributed by atoms with Gasteiger partial charge >= 0.3 is 0 Å². The molecule has 3 heterocycles. The Morgan fingerprint density at radius 1 is 0.892 bits per heavy atom. The Balaban J connectivity index is 1.17. The van der Waals surface area contributed by atoms with E-state index in [4.69, 9.17) is 0 Å². The third-order valence-electron chi connectivity index (χ3n) is 7.51. The fourth-order valence-electron chi connectivity index (χ4n) is 5.45. The van der Waals surface area contributed by atoms with Crippen LogP contribution in [0.3, 0.4) is 0 Å². The summed E-state index contributed by atoms with van der Waals surface area (Å²) in [6.07, 6.45) is 10.2. The summed E-state index contributed by atoms with van der Waals surface area (Å²) in [4.78, 5) is 15.1. The Kier molecular flexibility index (Phi) is 6.70. The number of nitrogens with one attached hydrogen (secondary N) is 2. The number of hydrogen-bond donors (Lipinski definition) is 2. The topological polar surface area (TPSA) is 61.0 Å². The predicted molar refractivity (Wildman–Crippen MR) is 151 cm³/mol. The highest BCUT2D eigenvalue weighted by atomic mass is 16.2. The highest BCUT2D eigenvalue weighted by Crippen LogP contribution is 2.30. The van der Waals surface area contributed by atoms with Gasteiger partial charge in [0.2, 0.25) is 5.91 Å². The number of carbonyl (C=O) groups excluding carboxylic acids is 1. The predicted octanol–water partition coefficient (Wildman–Crippen LogP) is 6.02. The number of nitrogens with zero attached hydrogens (tertiary/aromatic N) is 2. The molecule has 1 atom stereocenters. The van der Waals surface area contributed by atoms with E-state index in [-0.39, 0.29) is 11.8 Å². The summed E-state index contributed by atoms with van der Waals surface area (Å²) in [7, 11) is 0. The van der Waals surface area contributed by atoms with Crippen LogP contribution in [-0.4, -0.2) is 40.6 Å². The summed E-state index contributed by atoms with van der Waals surface area (Å²) >= 11 is 0. The number of amides is 1. The first-order valence-corrected chi connectivity index (χ1v) is 13.3. The minimum Gasteiger partial charge on any atom is -0.351 e. The van der Waals surface area contributed by atoms with E-state index in [9.17, 15) is 4.79 Å². The Morgan fingerprint density at radius 2 is 1.68 bits per heavy atom.